The van der Waals surface area contributed by atoms with E-state index in [9.17, 15) is 14.2 Å². The number of aromatic nitrogens is 2. The Balaban J connectivity index is 2.54. The highest BCUT2D eigenvalue weighted by atomic mass is 35.5. The molecule has 0 radical (unpaired) electrons. The average molecular weight is 442 g/mol. The zero-order chi connectivity index (χ0) is 20.1. The van der Waals surface area contributed by atoms with E-state index in [0.717, 1.165) is 0 Å². The molecule has 1 aromatic rings. The van der Waals surface area contributed by atoms with E-state index in [0.29, 0.717) is 31.8 Å². The molecule has 1 rings (SSSR count). The van der Waals surface area contributed by atoms with E-state index in [1.54, 1.807) is 13.8 Å². The first-order valence-corrected chi connectivity index (χ1v) is 11.1. The van der Waals surface area contributed by atoms with E-state index in [1.807, 2.05) is 0 Å². The fraction of sp³-hybridized carbons (Fsp3) is 0.538. The van der Waals surface area contributed by atoms with Crippen LogP contribution >= 0.6 is 31.0 Å². The molecule has 0 aliphatic carbocycles. The third-order valence-electron chi connectivity index (χ3n) is 2.66. The van der Waals surface area contributed by atoms with Crippen LogP contribution in [0.2, 0.25) is 5.15 Å². The molecule has 14 heteroatoms. The van der Waals surface area contributed by atoms with Crippen LogP contribution in [-0.4, -0.2) is 53.9 Å². The lowest BCUT2D eigenvalue weighted by molar-refractivity contribution is -0.106. The van der Waals surface area contributed by atoms with Gasteiger partial charge in [0.05, 0.1) is 25.3 Å². The van der Waals surface area contributed by atoms with Gasteiger partial charge in [0.15, 0.2) is 11.0 Å². The first kappa shape index (κ1) is 23.6. The van der Waals surface area contributed by atoms with E-state index in [-0.39, 0.29) is 34.7 Å². The maximum absolute atomic E-state index is 12.3. The molecule has 152 valence electrons. The number of nitrogens with zero attached hydrogens (tertiary/aromatic N) is 2. The van der Waals surface area contributed by atoms with Gasteiger partial charge in [0, 0.05) is 5.75 Å². The van der Waals surface area contributed by atoms with Crippen molar-refractivity contribution in [2.45, 2.75) is 13.8 Å². The van der Waals surface area contributed by atoms with E-state index < -0.39 is 7.60 Å². The molecule has 1 heterocycles. The Morgan fingerprint density at radius 1 is 1.15 bits per heavy atom. The fourth-order valence-electron chi connectivity index (χ4n) is 1.71. The zero-order valence-corrected chi connectivity index (χ0v) is 17.2. The maximum atomic E-state index is 12.3. The standard InChI is InChI=1S/C13H21ClN5O6PS/c1-3-24-26(22,25-4-2)9-27-6-5-23-19-12-10(15-7-20)11(14)17-13(18-12)16-8-21/h7-8H,3-6,9H2,1-2H3,(H,15,20)(H2,16,17,18,19,21). The molecule has 3 N–H and O–H groups in total. The Labute approximate surface area is 165 Å². The number of rotatable bonds is 15. The van der Waals surface area contributed by atoms with Crippen molar-refractivity contribution >= 4 is 61.2 Å². The van der Waals surface area contributed by atoms with Gasteiger partial charge in [-0.3, -0.25) is 24.3 Å². The highest BCUT2D eigenvalue weighted by Crippen LogP contribution is 2.50. The van der Waals surface area contributed by atoms with Crippen molar-refractivity contribution in [1.29, 1.82) is 0 Å². The second kappa shape index (κ2) is 12.9. The molecule has 0 aromatic carbocycles. The number of amides is 2. The number of nitrogens with one attached hydrogen (secondary N) is 3. The smallest absolute Gasteiger partial charge is 0.323 e. The summed E-state index contributed by atoms with van der Waals surface area (Å²) in [6.45, 7) is 4.30. The molecule has 11 nitrogen and oxygen atoms in total. The lowest BCUT2D eigenvalue weighted by Gasteiger charge is -2.16. The van der Waals surface area contributed by atoms with Crippen LogP contribution in [-0.2, 0) is 28.0 Å². The Morgan fingerprint density at radius 2 is 1.81 bits per heavy atom. The van der Waals surface area contributed by atoms with Crippen LogP contribution in [0.15, 0.2) is 0 Å². The molecule has 0 spiro atoms. The van der Waals surface area contributed by atoms with Gasteiger partial charge in [0.2, 0.25) is 18.8 Å². The summed E-state index contributed by atoms with van der Waals surface area (Å²) in [7, 11) is -3.10. The molecule has 0 aliphatic heterocycles. The highest BCUT2D eigenvalue weighted by molar-refractivity contribution is 8.04. The first-order valence-electron chi connectivity index (χ1n) is 7.81. The van der Waals surface area contributed by atoms with Gasteiger partial charge in [-0.15, -0.1) is 11.8 Å². The predicted octanol–water partition coefficient (Wildman–Crippen LogP) is 2.57. The van der Waals surface area contributed by atoms with Crippen molar-refractivity contribution in [3.63, 3.8) is 0 Å². The minimum absolute atomic E-state index is 0.0609. The first-order chi connectivity index (χ1) is 13.0. The molecule has 0 atom stereocenters. The number of halogens is 1. The number of hydrogen-bond donors (Lipinski definition) is 3. The third kappa shape index (κ3) is 8.41. The Bertz CT molecular complexity index is 660. The van der Waals surface area contributed by atoms with Gasteiger partial charge in [-0.25, -0.2) is 5.48 Å². The van der Waals surface area contributed by atoms with Crippen LogP contribution in [0.3, 0.4) is 0 Å². The normalized spacial score (nSPS) is 11.1. The Hall–Kier alpha value is -1.43. The molecule has 0 fully saturated rings. The van der Waals surface area contributed by atoms with Crippen LogP contribution in [0.25, 0.3) is 0 Å². The van der Waals surface area contributed by atoms with Crippen molar-refractivity contribution in [3.05, 3.63) is 5.15 Å². The number of carbonyl (C=O) groups is 2. The summed E-state index contributed by atoms with van der Waals surface area (Å²) in [4.78, 5) is 34.2. The van der Waals surface area contributed by atoms with E-state index in [1.165, 1.54) is 11.8 Å². The molecular formula is C13H21ClN5O6PS. The van der Waals surface area contributed by atoms with Crippen LogP contribution in [0.1, 0.15) is 13.8 Å². The van der Waals surface area contributed by atoms with Gasteiger partial charge < -0.3 is 14.4 Å². The maximum Gasteiger partial charge on any atom is 0.340 e. The molecule has 1 aromatic heterocycles. The van der Waals surface area contributed by atoms with Gasteiger partial charge >= 0.3 is 7.60 Å². The summed E-state index contributed by atoms with van der Waals surface area (Å²) < 4.78 is 22.7. The molecule has 0 unspecified atom stereocenters. The molecule has 27 heavy (non-hydrogen) atoms. The third-order valence-corrected chi connectivity index (χ3v) is 6.68. The summed E-state index contributed by atoms with van der Waals surface area (Å²) >= 11 is 7.27. The number of thioether (sulfide) groups is 1. The van der Waals surface area contributed by atoms with Gasteiger partial charge in [-0.1, -0.05) is 11.6 Å². The van der Waals surface area contributed by atoms with Crippen molar-refractivity contribution in [2.24, 2.45) is 0 Å². The number of anilines is 3. The second-order valence-electron chi connectivity index (χ2n) is 4.52. The minimum atomic E-state index is -3.10. The molecule has 2 amide bonds. The second-order valence-corrected chi connectivity index (χ2v) is 8.47. The van der Waals surface area contributed by atoms with Gasteiger partial charge in [-0.2, -0.15) is 9.97 Å². The molecule has 0 saturated heterocycles. The van der Waals surface area contributed by atoms with Gasteiger partial charge in [0.1, 0.15) is 5.69 Å². The SMILES string of the molecule is CCOP(=O)(CSCCONc1nc(NC=O)nc(Cl)c1NC=O)OCC. The van der Waals surface area contributed by atoms with Gasteiger partial charge in [-0.05, 0) is 13.8 Å². The highest BCUT2D eigenvalue weighted by Gasteiger charge is 2.23. The molecular weight excluding hydrogens is 421 g/mol. The number of carbonyl (C=O) groups excluding carboxylic acids is 2. The Morgan fingerprint density at radius 3 is 2.41 bits per heavy atom. The van der Waals surface area contributed by atoms with Crippen LogP contribution in [0.5, 0.6) is 0 Å². The van der Waals surface area contributed by atoms with Crippen LogP contribution < -0.4 is 16.1 Å². The Kier molecular flexibility index (Phi) is 11.3. The lowest BCUT2D eigenvalue weighted by Crippen LogP contribution is -2.12. The molecule has 0 saturated carbocycles. The summed E-state index contributed by atoms with van der Waals surface area (Å²) in [5.74, 6) is 0.471. The summed E-state index contributed by atoms with van der Waals surface area (Å²) in [5, 5.41) is 4.50. The van der Waals surface area contributed by atoms with E-state index >= 15 is 0 Å². The van der Waals surface area contributed by atoms with Crippen molar-refractivity contribution < 1.29 is 28.0 Å². The van der Waals surface area contributed by atoms with Gasteiger partial charge in [0.25, 0.3) is 0 Å². The van der Waals surface area contributed by atoms with Crippen molar-refractivity contribution in [2.75, 3.05) is 47.2 Å². The largest absolute Gasteiger partial charge is 0.340 e. The predicted molar refractivity (Wildman–Crippen MR) is 104 cm³/mol. The fourth-order valence-corrected chi connectivity index (χ4v) is 5.01. The quantitative estimate of drug-likeness (QED) is 0.122. The lowest BCUT2D eigenvalue weighted by atomic mass is 10.5. The summed E-state index contributed by atoms with van der Waals surface area (Å²) in [5.41, 5.74) is 2.82. The summed E-state index contributed by atoms with van der Waals surface area (Å²) in [6, 6.07) is 0. The van der Waals surface area contributed by atoms with E-state index in [2.05, 4.69) is 26.1 Å². The van der Waals surface area contributed by atoms with Crippen LogP contribution in [0, 0.1) is 0 Å². The van der Waals surface area contributed by atoms with Crippen LogP contribution in [0.4, 0.5) is 17.5 Å². The van der Waals surface area contributed by atoms with Crippen molar-refractivity contribution in [1.82, 2.24) is 9.97 Å². The monoisotopic (exact) mass is 441 g/mol. The zero-order valence-electron chi connectivity index (χ0n) is 14.8. The summed E-state index contributed by atoms with van der Waals surface area (Å²) in [6.07, 6.45) is 0.784. The average Bonchev–Trinajstić information content (AvgIpc) is 2.61. The number of hydrogen-bond acceptors (Lipinski definition) is 10. The van der Waals surface area contributed by atoms with Crippen molar-refractivity contribution in [3.8, 4) is 0 Å². The van der Waals surface area contributed by atoms with E-state index in [4.69, 9.17) is 25.5 Å². The molecule has 0 bridgehead atoms. The minimum Gasteiger partial charge on any atom is -0.323 e. The molecule has 0 aliphatic rings. The topological polar surface area (TPSA) is 141 Å².